The second-order valence-corrected chi connectivity index (χ2v) is 10.1. The Balaban J connectivity index is 1.60. The molecule has 0 amide bonds. The molecule has 0 radical (unpaired) electrons. The van der Waals surface area contributed by atoms with Crippen molar-refractivity contribution in [2.75, 3.05) is 21.3 Å². The van der Waals surface area contributed by atoms with Gasteiger partial charge in [0.1, 0.15) is 35.6 Å². The Bertz CT molecular complexity index is 1270. The number of rotatable bonds is 20. The van der Waals surface area contributed by atoms with E-state index in [1.807, 2.05) is 72.8 Å². The molecule has 4 atom stereocenters. The van der Waals surface area contributed by atoms with Crippen molar-refractivity contribution in [1.29, 1.82) is 0 Å². The minimum Gasteiger partial charge on any atom is -0.497 e. The second-order valence-electron chi connectivity index (χ2n) is 10.1. The van der Waals surface area contributed by atoms with Crippen LogP contribution in [-0.4, -0.2) is 51.7 Å². The minimum atomic E-state index is -0.623. The molecule has 0 aliphatic heterocycles. The first-order valence-electron chi connectivity index (χ1n) is 14.6. The summed E-state index contributed by atoms with van der Waals surface area (Å²) in [5.74, 6) is 1.93. The summed E-state index contributed by atoms with van der Waals surface area (Å²) in [7, 11) is 4.87. The lowest BCUT2D eigenvalue weighted by molar-refractivity contribution is -0.166. The highest BCUT2D eigenvalue weighted by atomic mass is 16.6. The minimum absolute atomic E-state index is 0.153. The van der Waals surface area contributed by atoms with E-state index in [1.165, 1.54) is 0 Å². The molecule has 3 aromatic carbocycles. The molecule has 0 N–H and O–H groups in total. The van der Waals surface area contributed by atoms with Gasteiger partial charge in [0.15, 0.2) is 0 Å². The number of carbonyl (C=O) groups is 1. The first-order chi connectivity index (χ1) is 21.4. The van der Waals surface area contributed by atoms with Crippen LogP contribution in [0.5, 0.6) is 17.2 Å². The van der Waals surface area contributed by atoms with Crippen LogP contribution in [0.1, 0.15) is 36.5 Å². The Morgan fingerprint density at radius 3 is 1.50 bits per heavy atom. The van der Waals surface area contributed by atoms with Gasteiger partial charge in [-0.05, 0) is 66.4 Å². The van der Waals surface area contributed by atoms with Crippen LogP contribution < -0.4 is 14.2 Å². The number of methoxy groups -OCH3 is 3. The van der Waals surface area contributed by atoms with Crippen LogP contribution in [-0.2, 0) is 43.6 Å². The molecule has 3 rings (SSSR count). The number of hydrogen-bond donors (Lipinski definition) is 0. The van der Waals surface area contributed by atoms with Gasteiger partial charge in [-0.1, -0.05) is 48.6 Å². The van der Waals surface area contributed by atoms with E-state index in [0.29, 0.717) is 19.6 Å². The normalized spacial score (nSPS) is 13.6. The molecule has 0 fully saturated rings. The summed E-state index contributed by atoms with van der Waals surface area (Å²) in [6.45, 7) is 10.6. The summed E-state index contributed by atoms with van der Waals surface area (Å²) < 4.78 is 40.0. The van der Waals surface area contributed by atoms with Crippen LogP contribution in [0.2, 0.25) is 0 Å². The monoisotopic (exact) mass is 604 g/mol. The van der Waals surface area contributed by atoms with Crippen LogP contribution in [0.15, 0.2) is 98.1 Å². The maximum absolute atomic E-state index is 12.9. The zero-order valence-electron chi connectivity index (χ0n) is 26.1. The lowest BCUT2D eigenvalue weighted by Gasteiger charge is -2.30. The van der Waals surface area contributed by atoms with E-state index in [0.717, 1.165) is 33.9 Å². The van der Waals surface area contributed by atoms with Crippen LogP contribution in [0.25, 0.3) is 0 Å². The summed E-state index contributed by atoms with van der Waals surface area (Å²) in [6, 6.07) is 22.8. The summed E-state index contributed by atoms with van der Waals surface area (Å²) in [5, 5.41) is 0. The molecule has 0 heterocycles. The van der Waals surface area contributed by atoms with Crippen molar-refractivity contribution >= 4 is 5.97 Å². The molecule has 0 saturated heterocycles. The van der Waals surface area contributed by atoms with Crippen molar-refractivity contribution in [2.24, 2.45) is 0 Å². The maximum Gasteiger partial charge on any atom is 0.306 e. The molecule has 0 aromatic heterocycles. The molecule has 0 unspecified atom stereocenters. The van der Waals surface area contributed by atoms with E-state index in [2.05, 4.69) is 13.2 Å². The van der Waals surface area contributed by atoms with Gasteiger partial charge in [-0.15, -0.1) is 13.2 Å². The van der Waals surface area contributed by atoms with Gasteiger partial charge in [0.25, 0.3) is 0 Å². The zero-order valence-corrected chi connectivity index (χ0v) is 26.1. The van der Waals surface area contributed by atoms with Crippen molar-refractivity contribution in [3.63, 3.8) is 0 Å². The third-order valence-electron chi connectivity index (χ3n) is 7.06. The van der Waals surface area contributed by atoms with Crippen LogP contribution in [0.3, 0.4) is 0 Å². The molecule has 8 nitrogen and oxygen atoms in total. The Morgan fingerprint density at radius 1 is 0.659 bits per heavy atom. The Hall–Kier alpha value is -4.11. The third kappa shape index (κ3) is 11.2. The van der Waals surface area contributed by atoms with E-state index in [4.69, 9.17) is 33.2 Å². The molecule has 0 saturated carbocycles. The van der Waals surface area contributed by atoms with E-state index < -0.39 is 18.3 Å². The van der Waals surface area contributed by atoms with E-state index in [1.54, 1.807) is 40.4 Å². The predicted molar refractivity (Wildman–Crippen MR) is 170 cm³/mol. The largest absolute Gasteiger partial charge is 0.497 e. The molecule has 0 aliphatic carbocycles. The standard InChI is InChI=1S/C36H44O8/c1-7-30(41-23-27-9-15-31(38-4)16-10-27)21-22-35(37)44-26(3)36(43-25-29-13-19-33(40-6)20-14-29)34(8-2)42-24-28-11-17-32(39-5)18-12-28/h7-20,26,30,34,36H,1-2,21-25H2,3-6H3/t26-,30-,34-,36-/m0/s1. The van der Waals surface area contributed by atoms with Crippen molar-refractivity contribution in [2.45, 2.75) is 64.0 Å². The molecular weight excluding hydrogens is 560 g/mol. The van der Waals surface area contributed by atoms with Crippen LogP contribution >= 0.6 is 0 Å². The Kier molecular flexibility index (Phi) is 14.5. The number of hydrogen-bond acceptors (Lipinski definition) is 8. The maximum atomic E-state index is 12.9. The van der Waals surface area contributed by atoms with E-state index in [9.17, 15) is 4.79 Å². The summed E-state index contributed by atoms with van der Waals surface area (Å²) in [5.41, 5.74) is 2.90. The van der Waals surface area contributed by atoms with Crippen LogP contribution in [0, 0.1) is 0 Å². The molecule has 0 bridgehead atoms. The van der Waals surface area contributed by atoms with Gasteiger partial charge in [0.2, 0.25) is 0 Å². The summed E-state index contributed by atoms with van der Waals surface area (Å²) >= 11 is 0. The summed E-state index contributed by atoms with van der Waals surface area (Å²) in [6.07, 6.45) is 1.86. The second kappa shape index (κ2) is 18.5. The van der Waals surface area contributed by atoms with Crippen molar-refractivity contribution in [3.8, 4) is 17.2 Å². The fraction of sp³-hybridized carbons (Fsp3) is 0.361. The smallest absolute Gasteiger partial charge is 0.306 e. The van der Waals surface area contributed by atoms with Crippen molar-refractivity contribution in [3.05, 3.63) is 115 Å². The molecule has 0 aliphatic rings. The molecule has 8 heteroatoms. The molecule has 44 heavy (non-hydrogen) atoms. The lowest BCUT2D eigenvalue weighted by atomic mass is 10.1. The highest BCUT2D eigenvalue weighted by Crippen LogP contribution is 2.21. The van der Waals surface area contributed by atoms with Gasteiger partial charge < -0.3 is 33.2 Å². The van der Waals surface area contributed by atoms with E-state index in [-0.39, 0.29) is 25.1 Å². The fourth-order valence-electron chi connectivity index (χ4n) is 4.41. The Labute approximate surface area is 261 Å². The van der Waals surface area contributed by atoms with Gasteiger partial charge in [-0.25, -0.2) is 0 Å². The highest BCUT2D eigenvalue weighted by Gasteiger charge is 2.30. The SMILES string of the molecule is C=C[C@H](OCc1ccc(OC)cc1)[C@@H](OCc1ccc(OC)cc1)[C@H](C)OC(=O)CC[C@H](C=C)OCc1ccc(OC)cc1. The van der Waals surface area contributed by atoms with Gasteiger partial charge in [0, 0.05) is 6.42 Å². The van der Waals surface area contributed by atoms with E-state index >= 15 is 0 Å². The topological polar surface area (TPSA) is 81.7 Å². The lowest BCUT2D eigenvalue weighted by Crippen LogP contribution is -2.41. The third-order valence-corrected chi connectivity index (χ3v) is 7.06. The number of benzene rings is 3. The fourth-order valence-corrected chi connectivity index (χ4v) is 4.41. The Morgan fingerprint density at radius 2 is 1.09 bits per heavy atom. The molecule has 0 spiro atoms. The summed E-state index contributed by atoms with van der Waals surface area (Å²) in [4.78, 5) is 12.9. The zero-order chi connectivity index (χ0) is 31.7. The van der Waals surface area contributed by atoms with Crippen molar-refractivity contribution in [1.82, 2.24) is 0 Å². The van der Waals surface area contributed by atoms with Gasteiger partial charge >= 0.3 is 5.97 Å². The first kappa shape index (κ1) is 34.4. The van der Waals surface area contributed by atoms with Crippen molar-refractivity contribution < 1.29 is 38.0 Å². The first-order valence-corrected chi connectivity index (χ1v) is 14.6. The van der Waals surface area contributed by atoms with Crippen LogP contribution in [0.4, 0.5) is 0 Å². The van der Waals surface area contributed by atoms with Gasteiger partial charge in [-0.3, -0.25) is 4.79 Å². The molecule has 236 valence electrons. The quantitative estimate of drug-likeness (QED) is 0.102. The average molecular weight is 605 g/mol. The number of esters is 1. The van der Waals surface area contributed by atoms with Gasteiger partial charge in [0.05, 0.1) is 47.3 Å². The highest BCUT2D eigenvalue weighted by molar-refractivity contribution is 5.69. The average Bonchev–Trinajstić information content (AvgIpc) is 3.06. The molecule has 3 aromatic rings. The predicted octanol–water partition coefficient (Wildman–Crippen LogP) is 6.85. The number of ether oxygens (including phenoxy) is 7. The number of carbonyl (C=O) groups excluding carboxylic acids is 1. The molecular formula is C36H44O8. The van der Waals surface area contributed by atoms with Gasteiger partial charge in [-0.2, -0.15) is 0 Å².